The molecule has 1 saturated heterocycles. The fourth-order valence-corrected chi connectivity index (χ4v) is 11.6. The Morgan fingerprint density at radius 1 is 0.833 bits per heavy atom. The Morgan fingerprint density at radius 2 is 1.50 bits per heavy atom. The summed E-state index contributed by atoms with van der Waals surface area (Å²) >= 11 is 0. The van der Waals surface area contributed by atoms with E-state index in [4.69, 9.17) is 9.47 Å². The van der Waals surface area contributed by atoms with Gasteiger partial charge in [-0.25, -0.2) is 23.5 Å². The minimum Gasteiger partial charge on any atom is -0.348 e. The Bertz CT molecular complexity index is 1590. The van der Waals surface area contributed by atoms with Crippen molar-refractivity contribution in [2.45, 2.75) is 38.1 Å². The first kappa shape index (κ1) is 19.4. The Kier molecular flexibility index (Phi) is 2.78. The topological polar surface area (TPSA) is 84.5 Å². The molecule has 0 radical (unpaired) electrons. The minimum atomic E-state index is -0.874. The molecule has 1 aromatic heterocycles. The largest absolute Gasteiger partial charge is 0.352 e. The van der Waals surface area contributed by atoms with E-state index >= 15 is 0 Å². The van der Waals surface area contributed by atoms with Gasteiger partial charge in [-0.1, -0.05) is 44.2 Å². The number of ether oxygens (including phenoxy) is 2. The number of Topliss-reactive ketones (excluding diaryl/α,β-unsaturated/α-hetero) is 1. The molecule has 184 valence electrons. The van der Waals surface area contributed by atoms with Gasteiger partial charge in [0.05, 0.1) is 41.8 Å². The average molecular weight is 486 g/mol. The summed E-state index contributed by atoms with van der Waals surface area (Å²) in [7, 11) is 0. The summed E-state index contributed by atoms with van der Waals surface area (Å²) in [4.78, 5) is 42.5. The van der Waals surface area contributed by atoms with E-state index < -0.39 is 28.7 Å². The lowest BCUT2D eigenvalue weighted by Gasteiger charge is -2.76. The monoisotopic (exact) mass is 485 g/mol. The van der Waals surface area contributed by atoms with Crippen molar-refractivity contribution in [1.82, 2.24) is 13.9 Å². The van der Waals surface area contributed by atoms with Crippen molar-refractivity contribution in [2.24, 2.45) is 51.8 Å². The molecule has 4 bridgehead atoms. The van der Waals surface area contributed by atoms with Gasteiger partial charge in [-0.3, -0.25) is 4.79 Å². The van der Waals surface area contributed by atoms with E-state index in [-0.39, 0.29) is 34.5 Å². The minimum absolute atomic E-state index is 0.0482. The van der Waals surface area contributed by atoms with Crippen LogP contribution in [0.15, 0.2) is 52.1 Å². The first-order valence-corrected chi connectivity index (χ1v) is 13.3. The number of allylic oxidation sites excluding steroid dienone is 2. The molecule has 11 rings (SSSR count). The van der Waals surface area contributed by atoms with Crippen LogP contribution < -0.4 is 11.4 Å². The second kappa shape index (κ2) is 5.16. The molecule has 3 spiro atoms. The number of aromatic nitrogens is 3. The van der Waals surface area contributed by atoms with E-state index in [1.54, 1.807) is 21.5 Å². The quantitative estimate of drug-likeness (QED) is 0.577. The molecule has 0 N–H and O–H groups in total. The van der Waals surface area contributed by atoms with Gasteiger partial charge in [0.2, 0.25) is 0 Å². The highest BCUT2D eigenvalue weighted by molar-refractivity contribution is 5.98. The Balaban J connectivity index is 1.30. The van der Waals surface area contributed by atoms with Crippen molar-refractivity contribution >= 4 is 5.78 Å². The second-order valence-electron chi connectivity index (χ2n) is 13.4. The van der Waals surface area contributed by atoms with Gasteiger partial charge in [-0.2, -0.15) is 0 Å². The highest BCUT2D eigenvalue weighted by Gasteiger charge is 3.04. The molecule has 2 aromatic rings. The third-order valence-electron chi connectivity index (χ3n) is 11.9. The van der Waals surface area contributed by atoms with Gasteiger partial charge in [0.25, 0.3) is 0 Å². The van der Waals surface area contributed by atoms with Gasteiger partial charge in [0, 0.05) is 17.3 Å². The Labute approximate surface area is 206 Å². The van der Waals surface area contributed by atoms with Crippen molar-refractivity contribution in [2.75, 3.05) is 13.2 Å². The fraction of sp³-hybridized carbons (Fsp3) is 0.607. The molecule has 0 unspecified atom stereocenters. The van der Waals surface area contributed by atoms with Crippen LogP contribution >= 0.6 is 0 Å². The van der Waals surface area contributed by atoms with Crippen LogP contribution in [0.3, 0.4) is 0 Å². The summed E-state index contributed by atoms with van der Waals surface area (Å²) in [5.74, 6) is 0.754. The third kappa shape index (κ3) is 1.42. The van der Waals surface area contributed by atoms with Crippen molar-refractivity contribution in [3.8, 4) is 5.69 Å². The summed E-state index contributed by atoms with van der Waals surface area (Å²) in [5.41, 5.74) is -1.62. The lowest BCUT2D eigenvalue weighted by atomic mass is 9.32. The SMILES string of the molecule is CC1(C)COC2(OC1)[C@@H]1[C@@H]3C[C@@H]4[C@H]1C(=O)[C@]15[C@H]4[C@@H]3[C@]21[C@H]1C=C[C@@H]5n2c(=O)n(-c3ccccc3)c(=O)n21. The molecule has 36 heavy (non-hydrogen) atoms. The molecule has 8 nitrogen and oxygen atoms in total. The average Bonchev–Trinajstić information content (AvgIpc) is 3.50. The molecule has 3 aliphatic heterocycles. The maximum atomic E-state index is 14.5. The van der Waals surface area contributed by atoms with Crippen LogP contribution in [-0.2, 0) is 14.3 Å². The van der Waals surface area contributed by atoms with Crippen LogP contribution in [0.4, 0.5) is 0 Å². The van der Waals surface area contributed by atoms with Crippen LogP contribution in [0.1, 0.15) is 32.4 Å². The molecule has 10 atom stereocenters. The molecular formula is C28H27N3O5. The van der Waals surface area contributed by atoms with Crippen molar-refractivity contribution in [3.05, 3.63) is 63.5 Å². The molecular weight excluding hydrogens is 458 g/mol. The normalized spacial score (nSPS) is 49.7. The summed E-state index contributed by atoms with van der Waals surface area (Å²) in [6, 6.07) is 8.18. The van der Waals surface area contributed by atoms with Crippen LogP contribution in [-0.4, -0.2) is 38.7 Å². The van der Waals surface area contributed by atoms with Crippen LogP contribution in [0.2, 0.25) is 0 Å². The molecule has 0 amide bonds. The molecule has 4 heterocycles. The van der Waals surface area contributed by atoms with Gasteiger partial charge in [0.15, 0.2) is 5.79 Å². The number of carbonyl (C=O) groups is 1. The number of nitrogens with zero attached hydrogens (tertiary/aromatic N) is 3. The number of ketones is 1. The molecule has 6 aliphatic carbocycles. The van der Waals surface area contributed by atoms with Gasteiger partial charge in [-0.15, -0.1) is 0 Å². The smallest absolute Gasteiger partial charge is 0.348 e. The zero-order chi connectivity index (χ0) is 24.1. The van der Waals surface area contributed by atoms with E-state index in [0.717, 1.165) is 6.42 Å². The molecule has 9 aliphatic rings. The standard InChI is InChI=1S/C28H27N3O5/c1-25(2)11-35-28(36-12-25)19-15-10-14-18(19)22(32)26-16-8-9-17(27(26,28)21(15)20(14)26)31-24(34)29(23(33)30(16)31)13-6-4-3-5-7-13/h3-9,14-21H,10-12H2,1-2H3/t14-,15+,16+,17-,18-,19-,20-,21-,26+,27+/m1/s1. The predicted octanol–water partition coefficient (Wildman–Crippen LogP) is 1.93. The van der Waals surface area contributed by atoms with E-state index in [1.165, 1.54) is 4.57 Å². The number of hydrogen-bond acceptors (Lipinski definition) is 5. The number of para-hydroxylation sites is 1. The Morgan fingerprint density at radius 3 is 2.22 bits per heavy atom. The van der Waals surface area contributed by atoms with E-state index in [9.17, 15) is 14.4 Å². The molecule has 6 fully saturated rings. The zero-order valence-electron chi connectivity index (χ0n) is 20.2. The van der Waals surface area contributed by atoms with Gasteiger partial charge >= 0.3 is 11.4 Å². The van der Waals surface area contributed by atoms with E-state index in [2.05, 4.69) is 19.9 Å². The predicted molar refractivity (Wildman–Crippen MR) is 125 cm³/mol. The van der Waals surface area contributed by atoms with E-state index in [1.807, 2.05) is 24.3 Å². The van der Waals surface area contributed by atoms with Gasteiger partial charge in [-0.05, 0) is 42.2 Å². The number of benzene rings is 1. The van der Waals surface area contributed by atoms with E-state index in [0.29, 0.717) is 42.4 Å². The Hall–Kier alpha value is -2.71. The maximum Gasteiger partial charge on any atom is 0.352 e. The number of carbonyl (C=O) groups excluding carboxylic acids is 1. The number of rotatable bonds is 1. The number of hydrogen-bond donors (Lipinski definition) is 0. The van der Waals surface area contributed by atoms with Gasteiger partial charge < -0.3 is 9.47 Å². The maximum absolute atomic E-state index is 14.5. The van der Waals surface area contributed by atoms with Crippen molar-refractivity contribution in [3.63, 3.8) is 0 Å². The highest BCUT2D eigenvalue weighted by Crippen LogP contribution is 2.98. The first-order chi connectivity index (χ1) is 17.3. The summed E-state index contributed by atoms with van der Waals surface area (Å²) < 4.78 is 18.4. The number of fused-ring (bicyclic) bond motifs is 2. The lowest BCUT2D eigenvalue weighted by Crippen LogP contribution is -2.83. The van der Waals surface area contributed by atoms with Crippen LogP contribution in [0.25, 0.3) is 5.69 Å². The first-order valence-electron chi connectivity index (χ1n) is 13.3. The third-order valence-corrected chi connectivity index (χ3v) is 11.9. The molecule has 5 saturated carbocycles. The lowest BCUT2D eigenvalue weighted by molar-refractivity contribution is -0.422. The fourth-order valence-electron chi connectivity index (χ4n) is 11.6. The van der Waals surface area contributed by atoms with Crippen LogP contribution in [0.5, 0.6) is 0 Å². The van der Waals surface area contributed by atoms with Gasteiger partial charge in [0.1, 0.15) is 5.78 Å². The summed E-state index contributed by atoms with van der Waals surface area (Å²) in [5, 5.41) is 0. The highest BCUT2D eigenvalue weighted by atomic mass is 16.7. The van der Waals surface area contributed by atoms with Crippen molar-refractivity contribution < 1.29 is 14.3 Å². The zero-order valence-corrected chi connectivity index (χ0v) is 20.2. The molecule has 8 heteroatoms. The molecule has 1 aromatic carbocycles. The van der Waals surface area contributed by atoms with Crippen molar-refractivity contribution in [1.29, 1.82) is 0 Å². The van der Waals surface area contributed by atoms with Crippen LogP contribution in [0, 0.1) is 51.8 Å². The second-order valence-corrected chi connectivity index (χ2v) is 13.4. The summed E-state index contributed by atoms with van der Waals surface area (Å²) in [6.45, 7) is 5.45. The summed E-state index contributed by atoms with van der Waals surface area (Å²) in [6.07, 6.45) is 5.19.